The van der Waals surface area contributed by atoms with Gasteiger partial charge >= 0.3 is 0 Å². The zero-order chi connectivity index (χ0) is 26.6. The first kappa shape index (κ1) is 26.4. The fourth-order valence-electron chi connectivity index (χ4n) is 5.27. The van der Waals surface area contributed by atoms with E-state index in [1.807, 2.05) is 0 Å². The number of likely N-dealkylation sites (N-methyl/N-ethyl adjacent to an activating group) is 2. The Kier molecular flexibility index (Phi) is 6.83. The van der Waals surface area contributed by atoms with Gasteiger partial charge in [-0.1, -0.05) is 67.5 Å². The number of rotatable bonds is 4. The first-order valence-corrected chi connectivity index (χ1v) is 13.3. The molecule has 5 nitrogen and oxygen atoms in total. The number of hydrogen-bond donors (Lipinski definition) is 0. The molecule has 0 aliphatic carbocycles. The fraction of sp³-hybridized carbons (Fsp3) is 0.581. The number of nitrogens with zero attached hydrogens (tertiary/aromatic N) is 2. The predicted molar refractivity (Wildman–Crippen MR) is 150 cm³/mol. The van der Waals surface area contributed by atoms with E-state index in [-0.39, 0.29) is 28.4 Å². The lowest BCUT2D eigenvalue weighted by Gasteiger charge is -2.35. The number of ketones is 1. The van der Waals surface area contributed by atoms with Gasteiger partial charge in [0.15, 0.2) is 0 Å². The Bertz CT molecular complexity index is 1070. The van der Waals surface area contributed by atoms with Crippen molar-refractivity contribution in [3.8, 4) is 11.5 Å². The summed E-state index contributed by atoms with van der Waals surface area (Å²) in [6.45, 7) is 20.4. The number of carbonyl (C=O) groups is 1. The third kappa shape index (κ3) is 4.81. The standard InChI is InChI=1S/C31H44N2O3/c1-19(21-15-23(30(3,4)5)28-25(17-21)32(9)11-13-35-28)27(34)20(2)22-16-24(31(6,7)8)29-26(18-22)33(10)12-14-36-29/h15-20H,11-14H2,1-10H3. The minimum atomic E-state index is -0.232. The van der Waals surface area contributed by atoms with Crippen molar-refractivity contribution in [2.75, 3.05) is 50.2 Å². The Balaban J connectivity index is 1.74. The summed E-state index contributed by atoms with van der Waals surface area (Å²) in [5, 5.41) is 0. The number of hydrogen-bond acceptors (Lipinski definition) is 5. The molecule has 0 saturated carbocycles. The molecule has 0 saturated heterocycles. The van der Waals surface area contributed by atoms with Crippen LogP contribution in [0.3, 0.4) is 0 Å². The van der Waals surface area contributed by atoms with Gasteiger partial charge in [-0.25, -0.2) is 0 Å². The van der Waals surface area contributed by atoms with Crippen molar-refractivity contribution < 1.29 is 14.3 Å². The lowest BCUT2D eigenvalue weighted by molar-refractivity contribution is -0.121. The van der Waals surface area contributed by atoms with Crippen molar-refractivity contribution in [2.24, 2.45) is 0 Å². The third-order valence-electron chi connectivity index (χ3n) is 7.82. The van der Waals surface area contributed by atoms with Crippen molar-refractivity contribution in [3.05, 3.63) is 46.5 Å². The van der Waals surface area contributed by atoms with Gasteiger partial charge in [0, 0.05) is 37.1 Å². The summed E-state index contributed by atoms with van der Waals surface area (Å²) in [6, 6.07) is 8.72. The third-order valence-corrected chi connectivity index (χ3v) is 7.82. The van der Waals surface area contributed by atoms with Gasteiger partial charge in [0.1, 0.15) is 30.5 Å². The van der Waals surface area contributed by atoms with Crippen LogP contribution < -0.4 is 19.3 Å². The van der Waals surface area contributed by atoms with E-state index in [9.17, 15) is 4.79 Å². The molecule has 0 radical (unpaired) electrons. The quantitative estimate of drug-likeness (QED) is 0.493. The van der Waals surface area contributed by atoms with Gasteiger partial charge in [-0.05, 0) is 34.1 Å². The number of carbonyl (C=O) groups excluding carboxylic acids is 1. The largest absolute Gasteiger partial charge is 0.489 e. The van der Waals surface area contributed by atoms with Crippen LogP contribution in [0.2, 0.25) is 0 Å². The van der Waals surface area contributed by atoms with E-state index in [2.05, 4.69) is 104 Å². The molecule has 0 N–H and O–H groups in total. The highest BCUT2D eigenvalue weighted by Gasteiger charge is 2.32. The highest BCUT2D eigenvalue weighted by Crippen LogP contribution is 2.45. The van der Waals surface area contributed by atoms with Crippen LogP contribution in [0.15, 0.2) is 24.3 Å². The number of Topliss-reactive ketones (excluding diaryl/α,β-unsaturated/α-hetero) is 1. The summed E-state index contributed by atoms with van der Waals surface area (Å²) in [5.74, 6) is 1.68. The Labute approximate surface area is 217 Å². The lowest BCUT2D eigenvalue weighted by Crippen LogP contribution is -2.31. The number of anilines is 2. The van der Waals surface area contributed by atoms with Crippen LogP contribution in [0, 0.1) is 0 Å². The van der Waals surface area contributed by atoms with Crippen LogP contribution in [-0.2, 0) is 15.6 Å². The molecule has 2 atom stereocenters. The van der Waals surface area contributed by atoms with E-state index in [1.54, 1.807) is 0 Å². The molecule has 0 aromatic heterocycles. The molecule has 0 amide bonds. The Hall–Kier alpha value is -2.69. The molecule has 2 heterocycles. The van der Waals surface area contributed by atoms with E-state index in [0.717, 1.165) is 58.2 Å². The van der Waals surface area contributed by atoms with Gasteiger partial charge < -0.3 is 19.3 Å². The fourth-order valence-corrected chi connectivity index (χ4v) is 5.27. The molecule has 0 bridgehead atoms. The van der Waals surface area contributed by atoms with Gasteiger partial charge in [-0.2, -0.15) is 0 Å². The van der Waals surface area contributed by atoms with Crippen molar-refractivity contribution in [2.45, 2.75) is 78.1 Å². The molecule has 2 aromatic carbocycles. The molecule has 2 aromatic rings. The molecule has 2 unspecified atom stereocenters. The molecule has 36 heavy (non-hydrogen) atoms. The smallest absolute Gasteiger partial charge is 0.147 e. The maximum Gasteiger partial charge on any atom is 0.147 e. The second-order valence-electron chi connectivity index (χ2n) is 12.7. The molecular weight excluding hydrogens is 448 g/mol. The van der Waals surface area contributed by atoms with Crippen LogP contribution in [0.4, 0.5) is 11.4 Å². The van der Waals surface area contributed by atoms with Crippen LogP contribution >= 0.6 is 0 Å². The van der Waals surface area contributed by atoms with Gasteiger partial charge in [0.05, 0.1) is 24.5 Å². The Morgan fingerprint density at radius 2 is 1.08 bits per heavy atom. The first-order chi connectivity index (χ1) is 16.7. The molecule has 0 spiro atoms. The highest BCUT2D eigenvalue weighted by molar-refractivity contribution is 5.92. The van der Waals surface area contributed by atoms with Crippen molar-refractivity contribution in [1.29, 1.82) is 0 Å². The zero-order valence-corrected chi connectivity index (χ0v) is 23.9. The average Bonchev–Trinajstić information content (AvgIpc) is 2.81. The van der Waals surface area contributed by atoms with Gasteiger partial charge in [0.25, 0.3) is 0 Å². The van der Waals surface area contributed by atoms with E-state index < -0.39 is 0 Å². The Morgan fingerprint density at radius 3 is 1.42 bits per heavy atom. The zero-order valence-electron chi connectivity index (χ0n) is 23.9. The summed E-state index contributed by atoms with van der Waals surface area (Å²) in [7, 11) is 4.21. The monoisotopic (exact) mass is 492 g/mol. The molecular formula is C31H44N2O3. The minimum Gasteiger partial charge on any atom is -0.489 e. The molecule has 2 aliphatic heterocycles. The first-order valence-electron chi connectivity index (χ1n) is 13.3. The molecule has 0 fully saturated rings. The minimum absolute atomic E-state index is 0.0860. The van der Waals surface area contributed by atoms with Crippen LogP contribution in [0.5, 0.6) is 11.5 Å². The van der Waals surface area contributed by atoms with Crippen LogP contribution in [0.1, 0.15) is 89.5 Å². The molecule has 2 aliphatic rings. The summed E-state index contributed by atoms with van der Waals surface area (Å²) in [6.07, 6.45) is 0. The van der Waals surface area contributed by atoms with E-state index in [0.29, 0.717) is 13.2 Å². The van der Waals surface area contributed by atoms with Gasteiger partial charge in [-0.3, -0.25) is 4.79 Å². The molecule has 196 valence electrons. The summed E-state index contributed by atoms with van der Waals surface area (Å²) < 4.78 is 12.3. The lowest BCUT2D eigenvalue weighted by atomic mass is 9.79. The number of fused-ring (bicyclic) bond motifs is 2. The number of ether oxygens (including phenoxy) is 2. The highest BCUT2D eigenvalue weighted by atomic mass is 16.5. The van der Waals surface area contributed by atoms with Crippen molar-refractivity contribution in [1.82, 2.24) is 0 Å². The predicted octanol–water partition coefficient (Wildman–Crippen LogP) is 6.42. The maximum atomic E-state index is 14.0. The van der Waals surface area contributed by atoms with Crippen LogP contribution in [0.25, 0.3) is 0 Å². The maximum absolute atomic E-state index is 14.0. The SMILES string of the molecule is CC(C(=O)C(C)c1cc2c(c(C(C)(C)C)c1)OCCN2C)c1cc2c(c(C(C)(C)C)c1)OCCN2C. The second kappa shape index (κ2) is 9.32. The Morgan fingerprint density at radius 1 is 0.722 bits per heavy atom. The normalized spacial score (nSPS) is 17.5. The van der Waals surface area contributed by atoms with E-state index in [4.69, 9.17) is 9.47 Å². The summed E-state index contributed by atoms with van der Waals surface area (Å²) in [4.78, 5) is 18.5. The molecule has 4 rings (SSSR count). The van der Waals surface area contributed by atoms with Crippen LogP contribution in [-0.4, -0.2) is 46.2 Å². The summed E-state index contributed by atoms with van der Waals surface area (Å²) >= 11 is 0. The van der Waals surface area contributed by atoms with E-state index in [1.165, 1.54) is 0 Å². The molecule has 5 heteroatoms. The van der Waals surface area contributed by atoms with Crippen molar-refractivity contribution in [3.63, 3.8) is 0 Å². The average molecular weight is 493 g/mol. The summed E-state index contributed by atoms with van der Waals surface area (Å²) in [5.41, 5.74) is 6.43. The topological polar surface area (TPSA) is 42.0 Å². The van der Waals surface area contributed by atoms with Gasteiger partial charge in [-0.15, -0.1) is 0 Å². The second-order valence-corrected chi connectivity index (χ2v) is 12.7. The number of benzene rings is 2. The van der Waals surface area contributed by atoms with Crippen molar-refractivity contribution >= 4 is 17.2 Å². The van der Waals surface area contributed by atoms with E-state index >= 15 is 0 Å². The van der Waals surface area contributed by atoms with Gasteiger partial charge in [0.2, 0.25) is 0 Å².